The molecule has 1 aliphatic rings. The van der Waals surface area contributed by atoms with Crippen molar-refractivity contribution in [3.05, 3.63) is 60.2 Å². The molecule has 1 fully saturated rings. The van der Waals surface area contributed by atoms with Crippen LogP contribution in [0.4, 0.5) is 0 Å². The Morgan fingerprint density at radius 1 is 0.933 bits per heavy atom. The van der Waals surface area contributed by atoms with Crippen molar-refractivity contribution >= 4 is 21.8 Å². The third-order valence-electron chi connectivity index (χ3n) is 4.97. The SMILES string of the molecule is COc1ccc(S(=O)(=O)N[C@@H](C)C(=O)N2CCN(C(=O)c3ccccc3)CC2)cc1. The van der Waals surface area contributed by atoms with Crippen molar-refractivity contribution in [1.82, 2.24) is 14.5 Å². The van der Waals surface area contributed by atoms with Crippen LogP contribution in [-0.2, 0) is 14.8 Å². The normalized spacial score (nSPS) is 15.5. The van der Waals surface area contributed by atoms with Crippen LogP contribution >= 0.6 is 0 Å². The molecule has 2 amide bonds. The molecule has 1 heterocycles. The number of rotatable bonds is 6. The van der Waals surface area contributed by atoms with E-state index in [2.05, 4.69) is 4.72 Å². The van der Waals surface area contributed by atoms with E-state index in [0.717, 1.165) is 0 Å². The van der Waals surface area contributed by atoms with Crippen molar-refractivity contribution in [3.8, 4) is 5.75 Å². The number of amides is 2. The molecule has 1 aliphatic heterocycles. The second-order valence-corrected chi connectivity index (χ2v) is 8.72. The molecular weight excluding hydrogens is 406 g/mol. The van der Waals surface area contributed by atoms with E-state index in [9.17, 15) is 18.0 Å². The zero-order valence-electron chi connectivity index (χ0n) is 16.9. The van der Waals surface area contributed by atoms with Crippen LogP contribution in [0.5, 0.6) is 5.75 Å². The summed E-state index contributed by atoms with van der Waals surface area (Å²) in [6, 6.07) is 14.0. The zero-order valence-corrected chi connectivity index (χ0v) is 17.8. The van der Waals surface area contributed by atoms with Gasteiger partial charge >= 0.3 is 0 Å². The first-order chi connectivity index (χ1) is 14.3. The van der Waals surface area contributed by atoms with E-state index in [1.165, 1.54) is 26.2 Å². The van der Waals surface area contributed by atoms with Gasteiger partial charge in [-0.3, -0.25) is 9.59 Å². The van der Waals surface area contributed by atoms with E-state index in [1.54, 1.807) is 34.1 Å². The fourth-order valence-corrected chi connectivity index (χ4v) is 4.47. The Balaban J connectivity index is 1.57. The molecule has 0 aromatic heterocycles. The lowest BCUT2D eigenvalue weighted by Gasteiger charge is -2.36. The van der Waals surface area contributed by atoms with Crippen LogP contribution in [0, 0.1) is 0 Å². The Morgan fingerprint density at radius 2 is 1.50 bits per heavy atom. The number of piperazine rings is 1. The lowest BCUT2D eigenvalue weighted by Crippen LogP contribution is -2.55. The van der Waals surface area contributed by atoms with Gasteiger partial charge in [-0.2, -0.15) is 4.72 Å². The molecule has 0 spiro atoms. The van der Waals surface area contributed by atoms with Gasteiger partial charge in [-0.05, 0) is 43.3 Å². The molecule has 9 heteroatoms. The fraction of sp³-hybridized carbons (Fsp3) is 0.333. The number of methoxy groups -OCH3 is 1. The van der Waals surface area contributed by atoms with Gasteiger partial charge in [-0.15, -0.1) is 0 Å². The lowest BCUT2D eigenvalue weighted by molar-refractivity contribution is -0.134. The highest BCUT2D eigenvalue weighted by Gasteiger charge is 2.29. The summed E-state index contributed by atoms with van der Waals surface area (Å²) in [5.41, 5.74) is 0.609. The van der Waals surface area contributed by atoms with Crippen LogP contribution in [0.1, 0.15) is 17.3 Å². The highest BCUT2D eigenvalue weighted by Crippen LogP contribution is 2.16. The molecule has 3 rings (SSSR count). The standard InChI is InChI=1S/C21H25N3O5S/c1-16(22-30(27,28)19-10-8-18(29-2)9-11-19)20(25)23-12-14-24(15-13-23)21(26)17-6-4-3-5-7-17/h3-11,16,22H,12-15H2,1-2H3/t16-/m0/s1. The minimum Gasteiger partial charge on any atom is -0.497 e. The van der Waals surface area contributed by atoms with E-state index in [1.807, 2.05) is 18.2 Å². The van der Waals surface area contributed by atoms with Crippen molar-refractivity contribution in [2.24, 2.45) is 0 Å². The number of sulfonamides is 1. The third kappa shape index (κ3) is 4.98. The summed E-state index contributed by atoms with van der Waals surface area (Å²) < 4.78 is 32.6. The first kappa shape index (κ1) is 21.8. The maximum atomic E-state index is 12.7. The first-order valence-electron chi connectivity index (χ1n) is 9.61. The van der Waals surface area contributed by atoms with Crippen molar-refractivity contribution < 1.29 is 22.7 Å². The average molecular weight is 432 g/mol. The van der Waals surface area contributed by atoms with Gasteiger partial charge in [0, 0.05) is 31.7 Å². The Morgan fingerprint density at radius 3 is 2.07 bits per heavy atom. The zero-order chi connectivity index (χ0) is 21.7. The summed E-state index contributed by atoms with van der Waals surface area (Å²) in [7, 11) is -2.35. The molecule has 2 aromatic rings. The summed E-state index contributed by atoms with van der Waals surface area (Å²) >= 11 is 0. The lowest BCUT2D eigenvalue weighted by atomic mass is 10.1. The smallest absolute Gasteiger partial charge is 0.253 e. The van der Waals surface area contributed by atoms with Crippen LogP contribution < -0.4 is 9.46 Å². The van der Waals surface area contributed by atoms with Gasteiger partial charge in [0.15, 0.2) is 0 Å². The maximum absolute atomic E-state index is 12.7. The molecule has 2 aromatic carbocycles. The topological polar surface area (TPSA) is 96.0 Å². The predicted octanol–water partition coefficient (Wildman–Crippen LogP) is 1.35. The van der Waals surface area contributed by atoms with Crippen LogP contribution in [0.15, 0.2) is 59.5 Å². The van der Waals surface area contributed by atoms with Crippen molar-refractivity contribution in [1.29, 1.82) is 0 Å². The van der Waals surface area contributed by atoms with Crippen LogP contribution in [0.3, 0.4) is 0 Å². The maximum Gasteiger partial charge on any atom is 0.253 e. The Hall–Kier alpha value is -2.91. The number of benzene rings is 2. The monoisotopic (exact) mass is 431 g/mol. The molecule has 1 N–H and O–H groups in total. The number of hydrogen-bond donors (Lipinski definition) is 1. The number of carbonyl (C=O) groups excluding carboxylic acids is 2. The van der Waals surface area contributed by atoms with Crippen molar-refractivity contribution in [2.75, 3.05) is 33.3 Å². The Kier molecular flexibility index (Phi) is 6.73. The summed E-state index contributed by atoms with van der Waals surface area (Å²) in [5.74, 6) is 0.149. The number of nitrogens with one attached hydrogen (secondary N) is 1. The number of nitrogens with zero attached hydrogens (tertiary/aromatic N) is 2. The second-order valence-electron chi connectivity index (χ2n) is 7.00. The van der Waals surface area contributed by atoms with Gasteiger partial charge in [0.1, 0.15) is 5.75 Å². The third-order valence-corrected chi connectivity index (χ3v) is 6.53. The minimum absolute atomic E-state index is 0.0567. The molecule has 30 heavy (non-hydrogen) atoms. The Bertz CT molecular complexity index is 985. The highest BCUT2D eigenvalue weighted by atomic mass is 32.2. The summed E-state index contributed by atoms with van der Waals surface area (Å²) in [6.07, 6.45) is 0. The number of hydrogen-bond acceptors (Lipinski definition) is 5. The second kappa shape index (κ2) is 9.27. The molecule has 160 valence electrons. The van der Waals surface area contributed by atoms with E-state index >= 15 is 0 Å². The van der Waals surface area contributed by atoms with Crippen LogP contribution in [-0.4, -0.2) is 69.4 Å². The van der Waals surface area contributed by atoms with Gasteiger partial charge < -0.3 is 14.5 Å². The first-order valence-corrected chi connectivity index (χ1v) is 11.1. The Labute approximate surface area is 176 Å². The van der Waals surface area contributed by atoms with Crippen molar-refractivity contribution in [3.63, 3.8) is 0 Å². The number of ether oxygens (including phenoxy) is 1. The predicted molar refractivity (Wildman–Crippen MR) is 112 cm³/mol. The van der Waals surface area contributed by atoms with Gasteiger partial charge in [-0.25, -0.2) is 8.42 Å². The van der Waals surface area contributed by atoms with E-state index in [4.69, 9.17) is 4.74 Å². The molecule has 0 radical (unpaired) electrons. The average Bonchev–Trinajstić information content (AvgIpc) is 2.78. The number of carbonyl (C=O) groups is 2. The highest BCUT2D eigenvalue weighted by molar-refractivity contribution is 7.89. The molecule has 0 bridgehead atoms. The summed E-state index contributed by atoms with van der Waals surface area (Å²) in [4.78, 5) is 28.6. The largest absolute Gasteiger partial charge is 0.497 e. The van der Waals surface area contributed by atoms with Crippen LogP contribution in [0.2, 0.25) is 0 Å². The minimum atomic E-state index is -3.85. The molecule has 1 saturated heterocycles. The van der Waals surface area contributed by atoms with E-state index in [-0.39, 0.29) is 16.7 Å². The van der Waals surface area contributed by atoms with Gasteiger partial charge in [0.2, 0.25) is 15.9 Å². The van der Waals surface area contributed by atoms with E-state index in [0.29, 0.717) is 37.5 Å². The summed E-state index contributed by atoms with van der Waals surface area (Å²) in [6.45, 7) is 3.03. The van der Waals surface area contributed by atoms with Gasteiger partial charge in [0.25, 0.3) is 5.91 Å². The molecule has 1 atom stereocenters. The van der Waals surface area contributed by atoms with E-state index < -0.39 is 16.1 Å². The van der Waals surface area contributed by atoms with Crippen molar-refractivity contribution in [2.45, 2.75) is 17.9 Å². The van der Waals surface area contributed by atoms with Gasteiger partial charge in [-0.1, -0.05) is 18.2 Å². The molecule has 0 unspecified atom stereocenters. The molecular formula is C21H25N3O5S. The quantitative estimate of drug-likeness (QED) is 0.745. The molecule has 0 saturated carbocycles. The van der Waals surface area contributed by atoms with Crippen LogP contribution in [0.25, 0.3) is 0 Å². The molecule has 8 nitrogen and oxygen atoms in total. The summed E-state index contributed by atoms with van der Waals surface area (Å²) in [5, 5.41) is 0. The molecule has 0 aliphatic carbocycles. The van der Waals surface area contributed by atoms with Gasteiger partial charge in [0.05, 0.1) is 18.0 Å². The fourth-order valence-electron chi connectivity index (χ4n) is 3.27.